The average Bonchev–Trinajstić information content (AvgIpc) is 2.37. The maximum absolute atomic E-state index is 12.2. The third-order valence-corrected chi connectivity index (χ3v) is 2.02. The number of rotatable bonds is 4. The maximum atomic E-state index is 12.2. The molecule has 1 aromatic rings. The van der Waals surface area contributed by atoms with Crippen molar-refractivity contribution in [2.75, 3.05) is 14.2 Å². The zero-order valence-electron chi connectivity index (χ0n) is 9.57. The van der Waals surface area contributed by atoms with Crippen molar-refractivity contribution in [2.24, 2.45) is 0 Å². The number of hydrogen-bond acceptors (Lipinski definition) is 5. The van der Waals surface area contributed by atoms with Crippen LogP contribution >= 0.6 is 0 Å². The lowest BCUT2D eigenvalue weighted by Gasteiger charge is -2.12. The Morgan fingerprint density at radius 3 is 2.50 bits per heavy atom. The van der Waals surface area contributed by atoms with Crippen molar-refractivity contribution < 1.29 is 27.8 Å². The lowest BCUT2D eigenvalue weighted by Crippen LogP contribution is -2.08. The van der Waals surface area contributed by atoms with Crippen LogP contribution in [-0.2, 0) is 4.74 Å². The quantitative estimate of drug-likeness (QED) is 0.771. The van der Waals surface area contributed by atoms with Crippen LogP contribution in [-0.4, -0.2) is 26.8 Å². The summed E-state index contributed by atoms with van der Waals surface area (Å²) >= 11 is 0. The summed E-state index contributed by atoms with van der Waals surface area (Å²) in [6, 6.07) is 3.90. The number of carbonyl (C=O) groups is 1. The summed E-state index contributed by atoms with van der Waals surface area (Å²) in [5.41, 5.74) is -0.234. The second-order valence-corrected chi connectivity index (χ2v) is 3.04. The first kappa shape index (κ1) is 13.7. The molecule has 0 radical (unpaired) electrons. The molecule has 0 N–H and O–H groups in total. The molecule has 0 aromatic heterocycles. The van der Waals surface area contributed by atoms with Crippen molar-refractivity contribution >= 4 is 5.97 Å². The number of methoxy groups -OCH3 is 2. The van der Waals surface area contributed by atoms with Crippen molar-refractivity contribution in [1.29, 1.82) is 5.26 Å². The van der Waals surface area contributed by atoms with Gasteiger partial charge in [-0.05, 0) is 12.1 Å². The summed E-state index contributed by atoms with van der Waals surface area (Å²) in [7, 11) is 2.36. The van der Waals surface area contributed by atoms with Crippen molar-refractivity contribution in [3.63, 3.8) is 0 Å². The Labute approximate surface area is 101 Å². The first-order chi connectivity index (χ1) is 8.53. The van der Waals surface area contributed by atoms with Gasteiger partial charge in [-0.2, -0.15) is 14.0 Å². The average molecular weight is 257 g/mol. The summed E-state index contributed by atoms with van der Waals surface area (Å²) in [5.74, 6) is -1.27. The zero-order valence-corrected chi connectivity index (χ0v) is 9.57. The Bertz CT molecular complexity index is 497. The third kappa shape index (κ3) is 2.85. The summed E-state index contributed by atoms with van der Waals surface area (Å²) in [5, 5.41) is 8.85. The Morgan fingerprint density at radius 2 is 2.06 bits per heavy atom. The van der Waals surface area contributed by atoms with Crippen molar-refractivity contribution in [3.8, 4) is 17.6 Å². The molecule has 0 aliphatic heterocycles. The van der Waals surface area contributed by atoms with Gasteiger partial charge in [0.2, 0.25) is 0 Å². The highest BCUT2D eigenvalue weighted by Crippen LogP contribution is 2.33. The van der Waals surface area contributed by atoms with Gasteiger partial charge in [0.15, 0.2) is 11.5 Å². The number of halogens is 2. The normalized spacial score (nSPS) is 9.78. The Hall–Kier alpha value is -2.36. The van der Waals surface area contributed by atoms with Crippen LogP contribution < -0.4 is 9.47 Å². The van der Waals surface area contributed by atoms with E-state index in [2.05, 4.69) is 9.47 Å². The maximum Gasteiger partial charge on any atom is 0.387 e. The van der Waals surface area contributed by atoms with Gasteiger partial charge in [0.25, 0.3) is 0 Å². The fourth-order valence-electron chi connectivity index (χ4n) is 1.28. The number of hydrogen-bond donors (Lipinski definition) is 0. The molecule has 1 rings (SSSR count). The molecular weight excluding hydrogens is 248 g/mol. The van der Waals surface area contributed by atoms with Gasteiger partial charge in [0.1, 0.15) is 6.07 Å². The molecule has 0 amide bonds. The molecule has 0 unspecified atom stereocenters. The fourth-order valence-corrected chi connectivity index (χ4v) is 1.28. The number of carbonyl (C=O) groups excluding carboxylic acids is 1. The van der Waals surface area contributed by atoms with E-state index in [-0.39, 0.29) is 16.9 Å². The zero-order chi connectivity index (χ0) is 13.7. The topological polar surface area (TPSA) is 68.6 Å². The monoisotopic (exact) mass is 257 g/mol. The molecule has 0 aliphatic carbocycles. The van der Waals surface area contributed by atoms with Crippen LogP contribution in [0.3, 0.4) is 0 Å². The molecule has 0 atom stereocenters. The molecule has 0 spiro atoms. The highest BCUT2D eigenvalue weighted by molar-refractivity contribution is 5.91. The van der Waals surface area contributed by atoms with E-state index in [1.165, 1.54) is 7.11 Å². The van der Waals surface area contributed by atoms with Gasteiger partial charge in [-0.15, -0.1) is 0 Å². The molecule has 7 heteroatoms. The molecular formula is C11H9F2NO4. The number of benzene rings is 1. The smallest absolute Gasteiger partial charge is 0.387 e. The molecule has 18 heavy (non-hydrogen) atoms. The van der Waals surface area contributed by atoms with Gasteiger partial charge in [-0.1, -0.05) is 0 Å². The highest BCUT2D eigenvalue weighted by atomic mass is 19.3. The molecule has 1 aromatic carbocycles. The first-order valence-electron chi connectivity index (χ1n) is 4.68. The van der Waals surface area contributed by atoms with Gasteiger partial charge >= 0.3 is 12.6 Å². The van der Waals surface area contributed by atoms with Crippen LogP contribution in [0.15, 0.2) is 12.1 Å². The van der Waals surface area contributed by atoms with Crippen LogP contribution in [0.4, 0.5) is 8.78 Å². The predicted molar refractivity (Wildman–Crippen MR) is 55.7 cm³/mol. The SMILES string of the molecule is COC(=O)c1cc(C#N)c(OC(F)F)c(OC)c1. The third-order valence-electron chi connectivity index (χ3n) is 2.02. The second kappa shape index (κ2) is 5.82. The van der Waals surface area contributed by atoms with Gasteiger partial charge in [-0.25, -0.2) is 4.79 Å². The number of alkyl halides is 2. The van der Waals surface area contributed by atoms with E-state index in [0.717, 1.165) is 19.2 Å². The summed E-state index contributed by atoms with van der Waals surface area (Å²) < 4.78 is 37.9. The number of nitriles is 1. The molecule has 96 valence electrons. The minimum Gasteiger partial charge on any atom is -0.493 e. The highest BCUT2D eigenvalue weighted by Gasteiger charge is 2.19. The summed E-state index contributed by atoms with van der Waals surface area (Å²) in [6.45, 7) is -3.10. The van der Waals surface area contributed by atoms with Crippen LogP contribution in [0.1, 0.15) is 15.9 Å². The minimum absolute atomic E-state index is 0.00696. The Morgan fingerprint density at radius 1 is 1.39 bits per heavy atom. The van der Waals surface area contributed by atoms with Crippen molar-refractivity contribution in [2.45, 2.75) is 6.61 Å². The van der Waals surface area contributed by atoms with Crippen LogP contribution in [0.5, 0.6) is 11.5 Å². The van der Waals surface area contributed by atoms with E-state index in [9.17, 15) is 13.6 Å². The van der Waals surface area contributed by atoms with E-state index >= 15 is 0 Å². The molecule has 0 aliphatic rings. The first-order valence-corrected chi connectivity index (χ1v) is 4.68. The van der Waals surface area contributed by atoms with Gasteiger partial charge in [0.05, 0.1) is 25.3 Å². The summed E-state index contributed by atoms with van der Waals surface area (Å²) in [6.07, 6.45) is 0. The number of esters is 1. The van der Waals surface area contributed by atoms with E-state index in [0.29, 0.717) is 0 Å². The van der Waals surface area contributed by atoms with E-state index < -0.39 is 18.3 Å². The van der Waals surface area contributed by atoms with Gasteiger partial charge in [-0.3, -0.25) is 0 Å². The molecule has 0 saturated heterocycles. The van der Waals surface area contributed by atoms with Crippen LogP contribution in [0.2, 0.25) is 0 Å². The standard InChI is InChI=1S/C11H9F2NO4/c1-16-8-4-6(10(15)17-2)3-7(5-14)9(8)18-11(12)13/h3-4,11H,1-2H3. The molecule has 0 saturated carbocycles. The molecule has 5 nitrogen and oxygen atoms in total. The fraction of sp³-hybridized carbons (Fsp3) is 0.273. The second-order valence-electron chi connectivity index (χ2n) is 3.04. The minimum atomic E-state index is -3.10. The lowest BCUT2D eigenvalue weighted by atomic mass is 10.1. The largest absolute Gasteiger partial charge is 0.493 e. The Kier molecular flexibility index (Phi) is 4.43. The predicted octanol–water partition coefficient (Wildman–Crippen LogP) is 1.95. The van der Waals surface area contributed by atoms with E-state index in [1.807, 2.05) is 0 Å². The molecule has 0 heterocycles. The van der Waals surface area contributed by atoms with E-state index in [1.54, 1.807) is 6.07 Å². The van der Waals surface area contributed by atoms with Gasteiger partial charge in [0, 0.05) is 0 Å². The number of nitrogens with zero attached hydrogens (tertiary/aromatic N) is 1. The van der Waals surface area contributed by atoms with Crippen LogP contribution in [0, 0.1) is 11.3 Å². The number of ether oxygens (including phenoxy) is 3. The van der Waals surface area contributed by atoms with Crippen molar-refractivity contribution in [1.82, 2.24) is 0 Å². The van der Waals surface area contributed by atoms with Crippen LogP contribution in [0.25, 0.3) is 0 Å². The molecule has 0 bridgehead atoms. The molecule has 0 fully saturated rings. The summed E-state index contributed by atoms with van der Waals surface area (Å²) in [4.78, 5) is 11.3. The van der Waals surface area contributed by atoms with Crippen molar-refractivity contribution in [3.05, 3.63) is 23.3 Å². The Balaban J connectivity index is 3.35. The van der Waals surface area contributed by atoms with Gasteiger partial charge < -0.3 is 14.2 Å². The van der Waals surface area contributed by atoms with E-state index in [4.69, 9.17) is 10.00 Å². The lowest BCUT2D eigenvalue weighted by molar-refractivity contribution is -0.0514.